The second kappa shape index (κ2) is 1.85. The van der Waals surface area contributed by atoms with E-state index in [0.29, 0.717) is 0 Å². The average Bonchev–Trinajstić information content (AvgIpc) is 0.544. The standard InChI is InChI=1S/7FH.2Li.Ta/h7*1H;;;/q;;;;;;;2*+1;+5/p-7. The summed E-state index contributed by atoms with van der Waals surface area (Å²) in [6.45, 7) is 0. The predicted octanol–water partition coefficient (Wildman–Crippen LogP) is -3.05. The van der Waals surface area contributed by atoms with Crippen LogP contribution < -0.4 is 37.7 Å². The van der Waals surface area contributed by atoms with Gasteiger partial charge < -0.3 is 0 Å². The Kier molecular flexibility index (Phi) is 3.24. The van der Waals surface area contributed by atoms with E-state index < -0.39 is 17.0 Å². The van der Waals surface area contributed by atoms with Gasteiger partial charge in [0.2, 0.25) is 0 Å². The molecule has 0 aliphatic carbocycles. The molecule has 0 spiro atoms. The first-order valence-electron chi connectivity index (χ1n) is 1.18. The van der Waals surface area contributed by atoms with Gasteiger partial charge in [-0.1, -0.05) is 0 Å². The fourth-order valence-electron chi connectivity index (χ4n) is 0. The van der Waals surface area contributed by atoms with E-state index in [1.165, 1.54) is 0 Å². The van der Waals surface area contributed by atoms with Gasteiger partial charge in [-0.2, -0.15) is 0 Å². The van der Waals surface area contributed by atoms with Gasteiger partial charge in [0.1, 0.15) is 0 Å². The van der Waals surface area contributed by atoms with E-state index in [9.17, 15) is 21.2 Å². The van der Waals surface area contributed by atoms with E-state index in [1.54, 1.807) is 0 Å². The first-order valence-corrected chi connectivity index (χ1v) is 9.69. The maximum Gasteiger partial charge on any atom is 1.00 e. The minimum Gasteiger partial charge on any atom is 1.00 e. The third-order valence-electron chi connectivity index (χ3n) is 0. The van der Waals surface area contributed by atoms with Crippen LogP contribution in [-0.2, 0) is 17.0 Å². The molecule has 0 atom stereocenters. The Hall–Kier alpha value is 1.45. The number of rotatable bonds is 0. The molecule has 0 aromatic rings. The Morgan fingerprint density at radius 2 is 0.500 bits per heavy atom. The molecule has 10 heavy (non-hydrogen) atoms. The molecule has 0 fully saturated rings. The zero-order valence-corrected chi connectivity index (χ0v) is 8.31. The van der Waals surface area contributed by atoms with Crippen molar-refractivity contribution in [2.24, 2.45) is 0 Å². The number of hydrogen-bond donors (Lipinski definition) is 0. The van der Waals surface area contributed by atoms with Crippen LogP contribution in [0, 0.1) is 0 Å². The van der Waals surface area contributed by atoms with Crippen LogP contribution in [0.4, 0.5) is 21.2 Å². The molecule has 0 heterocycles. The largest absolute Gasteiger partial charge is 1.00 e. The topological polar surface area (TPSA) is 0 Å². The van der Waals surface area contributed by atoms with Crippen molar-refractivity contribution in [3.05, 3.63) is 0 Å². The molecule has 0 nitrogen and oxygen atoms in total. The quantitative estimate of drug-likeness (QED) is 0.328. The zero-order valence-electron chi connectivity index (χ0n) is 5.09. The predicted molar refractivity (Wildman–Crippen MR) is 7.76 cm³/mol. The number of hydrogen-bond acceptors (Lipinski definition) is 0. The molecular formula is F7Li2Ta. The minimum absolute atomic E-state index is 0. The van der Waals surface area contributed by atoms with Gasteiger partial charge in [-0.25, -0.2) is 0 Å². The van der Waals surface area contributed by atoms with Gasteiger partial charge in [-0.05, 0) is 0 Å². The molecule has 0 N–H and O–H groups in total. The summed E-state index contributed by atoms with van der Waals surface area (Å²) in [5.74, 6) is 0. The molecule has 0 saturated heterocycles. The second-order valence-electron chi connectivity index (χ2n) is 1.34. The van der Waals surface area contributed by atoms with Crippen molar-refractivity contribution < 1.29 is 75.9 Å². The van der Waals surface area contributed by atoms with Crippen molar-refractivity contribution in [1.82, 2.24) is 0 Å². The molecular weight excluding hydrogens is 328 g/mol. The summed E-state index contributed by atoms with van der Waals surface area (Å²) in [4.78, 5) is 0. The molecule has 0 rings (SSSR count). The second-order valence-corrected chi connectivity index (χ2v) is 11.0. The summed E-state index contributed by atoms with van der Waals surface area (Å²) in [7, 11) is 0. The van der Waals surface area contributed by atoms with E-state index >= 15 is 0 Å². The maximum absolute atomic E-state index is 13.4. The number of halogens is 7. The Bertz CT molecular complexity index is 104. The van der Waals surface area contributed by atoms with Gasteiger partial charge in [0.25, 0.3) is 0 Å². The first-order chi connectivity index (χ1) is 2.65. The molecule has 0 aromatic carbocycles. The molecule has 10 heteroatoms. The van der Waals surface area contributed by atoms with Crippen molar-refractivity contribution in [1.29, 1.82) is 0 Å². The fraction of sp³-hybridized carbons (Fsp3) is 0. The minimum atomic E-state index is -13.4. The molecule has 0 aliphatic heterocycles. The maximum atomic E-state index is 9.94. The van der Waals surface area contributed by atoms with Gasteiger partial charge in [-0.3, -0.25) is 0 Å². The Balaban J connectivity index is -0.000000245. The van der Waals surface area contributed by atoms with Crippen LogP contribution in [-0.4, -0.2) is 0 Å². The van der Waals surface area contributed by atoms with Crippen molar-refractivity contribution in [2.75, 3.05) is 0 Å². The molecule has 0 bridgehead atoms. The molecule has 56 valence electrons. The molecule has 0 aromatic heterocycles. The summed E-state index contributed by atoms with van der Waals surface area (Å²) in [5, 5.41) is 0. The smallest absolute Gasteiger partial charge is 1.00 e. The Labute approximate surface area is 75.6 Å². The summed E-state index contributed by atoms with van der Waals surface area (Å²) in [6.07, 6.45) is 0. The van der Waals surface area contributed by atoms with Crippen molar-refractivity contribution in [3.63, 3.8) is 0 Å². The van der Waals surface area contributed by atoms with Crippen LogP contribution in [0.3, 0.4) is 0 Å². The van der Waals surface area contributed by atoms with Gasteiger partial charge in [0.05, 0.1) is 0 Å². The van der Waals surface area contributed by atoms with Crippen molar-refractivity contribution >= 4 is 0 Å². The van der Waals surface area contributed by atoms with Gasteiger partial charge in [0, 0.05) is 0 Å². The van der Waals surface area contributed by atoms with E-state index in [2.05, 4.69) is 0 Å². The normalized spacial score (nSPS) is 21.7. The third-order valence-corrected chi connectivity index (χ3v) is 0. The van der Waals surface area contributed by atoms with Gasteiger partial charge in [0.15, 0.2) is 0 Å². The van der Waals surface area contributed by atoms with E-state index in [0.717, 1.165) is 0 Å². The third kappa shape index (κ3) is 323. The zero-order chi connectivity index (χ0) is 7.38. The molecule has 0 radical (unpaired) electrons. The van der Waals surface area contributed by atoms with Crippen LogP contribution in [0.25, 0.3) is 0 Å². The molecule has 0 saturated carbocycles. The molecule has 0 unspecified atom stereocenters. The van der Waals surface area contributed by atoms with Crippen LogP contribution in [0.1, 0.15) is 0 Å². The fourth-order valence-corrected chi connectivity index (χ4v) is 0. The summed E-state index contributed by atoms with van der Waals surface area (Å²) >= 11 is -13.4. The van der Waals surface area contributed by atoms with Crippen molar-refractivity contribution in [2.45, 2.75) is 0 Å². The summed E-state index contributed by atoms with van der Waals surface area (Å²) in [6, 6.07) is 0. The van der Waals surface area contributed by atoms with E-state index in [1.807, 2.05) is 0 Å². The molecule has 0 amide bonds. The van der Waals surface area contributed by atoms with E-state index in [-0.39, 0.29) is 37.7 Å². The average molecular weight is 328 g/mol. The van der Waals surface area contributed by atoms with Crippen LogP contribution in [0.5, 0.6) is 0 Å². The monoisotopic (exact) mass is 328 g/mol. The van der Waals surface area contributed by atoms with E-state index in [4.69, 9.17) is 0 Å². The SMILES string of the molecule is [F][Ta-2]([F])([F])([F])([F])([F])[F].[Li+].[Li+]. The summed E-state index contributed by atoms with van der Waals surface area (Å²) in [5.41, 5.74) is 0. The first kappa shape index (κ1) is 17.5. The van der Waals surface area contributed by atoms with Crippen molar-refractivity contribution in [3.8, 4) is 0 Å². The van der Waals surface area contributed by atoms with Gasteiger partial charge in [-0.15, -0.1) is 0 Å². The van der Waals surface area contributed by atoms with Crippen LogP contribution in [0.15, 0.2) is 0 Å². The van der Waals surface area contributed by atoms with Crippen LogP contribution >= 0.6 is 0 Å². The Morgan fingerprint density at radius 3 is 0.500 bits per heavy atom. The van der Waals surface area contributed by atoms with Crippen LogP contribution in [0.2, 0.25) is 0 Å². The molecule has 0 aliphatic rings. The van der Waals surface area contributed by atoms with Gasteiger partial charge >= 0.3 is 75.9 Å². The Morgan fingerprint density at radius 1 is 0.500 bits per heavy atom. The summed E-state index contributed by atoms with van der Waals surface area (Å²) < 4.78 is 69.6.